The van der Waals surface area contributed by atoms with Gasteiger partial charge in [-0.3, -0.25) is 9.47 Å². The van der Waals surface area contributed by atoms with Gasteiger partial charge in [-0.2, -0.15) is 0 Å². The molecule has 1 amide bonds. The third kappa shape index (κ3) is 7.74. The van der Waals surface area contributed by atoms with Gasteiger partial charge >= 0.3 is 18.8 Å². The lowest BCUT2D eigenvalue weighted by molar-refractivity contribution is -0.276. The van der Waals surface area contributed by atoms with Crippen molar-refractivity contribution in [2.45, 2.75) is 32.2 Å². The highest BCUT2D eigenvalue weighted by molar-refractivity contribution is 7.15. The molecule has 0 bridgehead atoms. The van der Waals surface area contributed by atoms with Crippen LogP contribution in [0.15, 0.2) is 48.7 Å². The minimum Gasteiger partial charge on any atom is -0.406 e. The van der Waals surface area contributed by atoms with Gasteiger partial charge in [0.05, 0.1) is 12.1 Å². The third-order valence-corrected chi connectivity index (χ3v) is 7.77. The Morgan fingerprint density at radius 1 is 1.07 bits per heavy atom. The van der Waals surface area contributed by atoms with Crippen molar-refractivity contribution in [3.05, 3.63) is 79.9 Å². The lowest BCUT2D eigenvalue weighted by Crippen LogP contribution is -2.34. The summed E-state index contributed by atoms with van der Waals surface area (Å²) in [6, 6.07) is 7.73. The number of alkyl halides is 6. The Morgan fingerprint density at radius 3 is 2.44 bits per heavy atom. The van der Waals surface area contributed by atoms with Crippen LogP contribution in [0.1, 0.15) is 21.7 Å². The van der Waals surface area contributed by atoms with Crippen molar-refractivity contribution in [2.75, 3.05) is 13.1 Å². The van der Waals surface area contributed by atoms with E-state index in [4.69, 9.17) is 23.2 Å². The van der Waals surface area contributed by atoms with Crippen LogP contribution in [0, 0.1) is 0 Å². The van der Waals surface area contributed by atoms with E-state index in [2.05, 4.69) is 19.8 Å². The average Bonchev–Trinajstić information content (AvgIpc) is 3.47. The fourth-order valence-corrected chi connectivity index (χ4v) is 5.83. The van der Waals surface area contributed by atoms with Crippen molar-refractivity contribution in [2.24, 2.45) is 0 Å². The van der Waals surface area contributed by atoms with Crippen molar-refractivity contribution >= 4 is 57.5 Å². The van der Waals surface area contributed by atoms with Gasteiger partial charge in [0.2, 0.25) is 0 Å². The molecule has 1 aliphatic heterocycles. The molecule has 0 spiro atoms. The molecular weight excluding hydrogens is 645 g/mol. The van der Waals surface area contributed by atoms with E-state index in [1.165, 1.54) is 6.20 Å². The molecule has 2 aromatic heterocycles. The highest BCUT2D eigenvalue weighted by Gasteiger charge is 2.37. The number of carbonyl (C=O) groups excluding carboxylic acids is 1. The zero-order valence-electron chi connectivity index (χ0n) is 21.7. The van der Waals surface area contributed by atoms with E-state index in [0.717, 1.165) is 27.5 Å². The van der Waals surface area contributed by atoms with Crippen LogP contribution in [0.3, 0.4) is 0 Å². The number of aromatic nitrogens is 2. The molecule has 4 aromatic rings. The second kappa shape index (κ2) is 12.3. The topological polar surface area (TPSA) is 68.6 Å². The number of nitrogens with one attached hydrogen (secondary N) is 1. The van der Waals surface area contributed by atoms with Gasteiger partial charge in [0, 0.05) is 65.4 Å². The van der Waals surface area contributed by atoms with Crippen molar-refractivity contribution < 1.29 is 40.6 Å². The molecule has 16 heteroatoms. The van der Waals surface area contributed by atoms with Crippen molar-refractivity contribution in [1.29, 1.82) is 0 Å². The monoisotopic (exact) mass is 664 g/mol. The molecule has 0 fully saturated rings. The predicted octanol–water partition coefficient (Wildman–Crippen LogP) is 8.03. The molecule has 5 rings (SSSR count). The fraction of sp³-hybridized carbons (Fsp3) is 0.259. The summed E-state index contributed by atoms with van der Waals surface area (Å²) in [6.45, 7) is 0.879. The van der Waals surface area contributed by atoms with Crippen molar-refractivity contribution in [1.82, 2.24) is 19.8 Å². The summed E-state index contributed by atoms with van der Waals surface area (Å²) in [5, 5.41) is 3.07. The summed E-state index contributed by atoms with van der Waals surface area (Å²) in [5.41, 5.74) is 1.30. The summed E-state index contributed by atoms with van der Waals surface area (Å²) in [5.74, 6) is -1.89. The number of ether oxygens (including phenoxy) is 2. The van der Waals surface area contributed by atoms with Crippen LogP contribution in [0.25, 0.3) is 17.0 Å². The van der Waals surface area contributed by atoms with E-state index in [0.29, 0.717) is 40.3 Å². The first-order valence-corrected chi connectivity index (χ1v) is 14.1. The summed E-state index contributed by atoms with van der Waals surface area (Å²) < 4.78 is 89.2. The molecule has 3 heterocycles. The van der Waals surface area contributed by atoms with E-state index in [-0.39, 0.29) is 34.9 Å². The van der Waals surface area contributed by atoms with Gasteiger partial charge in [-0.25, -0.2) is 9.78 Å². The molecule has 43 heavy (non-hydrogen) atoms. The van der Waals surface area contributed by atoms with E-state index >= 15 is 0 Å². The second-order valence-electron chi connectivity index (χ2n) is 9.35. The molecule has 0 unspecified atom stereocenters. The van der Waals surface area contributed by atoms with Gasteiger partial charge in [0.1, 0.15) is 11.5 Å². The number of halogens is 8. The summed E-state index contributed by atoms with van der Waals surface area (Å²) in [4.78, 5) is 19.8. The van der Waals surface area contributed by atoms with Crippen LogP contribution in [0.4, 0.5) is 31.1 Å². The zero-order chi connectivity index (χ0) is 30.9. The van der Waals surface area contributed by atoms with Gasteiger partial charge in [-0.15, -0.1) is 37.7 Å². The standard InChI is InChI=1S/C27H20Cl2F6N4O3S/c28-16-5-3-15(4-6-16)2-1-8-38-9-7-20-19(14-38)23-21(39(20)25(40)37-13-18-12-36-24(29)43-18)10-17(41-26(30,31)32)11-22(23)42-27(33,34)35/h1-6,10-12H,7-9,13-14H2,(H,37,40)/b2-1+. The second-order valence-corrected chi connectivity index (χ2v) is 11.5. The Kier molecular flexibility index (Phi) is 8.84. The quantitative estimate of drug-likeness (QED) is 0.203. The summed E-state index contributed by atoms with van der Waals surface area (Å²) in [6.07, 6.45) is -5.07. The predicted molar refractivity (Wildman–Crippen MR) is 150 cm³/mol. The molecule has 7 nitrogen and oxygen atoms in total. The van der Waals surface area contributed by atoms with E-state index in [9.17, 15) is 31.1 Å². The first-order chi connectivity index (χ1) is 20.3. The normalized spacial score (nSPS) is 14.3. The number of hydrogen-bond acceptors (Lipinski definition) is 6. The van der Waals surface area contributed by atoms with Crippen LogP contribution in [0.5, 0.6) is 11.5 Å². The van der Waals surface area contributed by atoms with Crippen LogP contribution in [-0.2, 0) is 19.5 Å². The highest BCUT2D eigenvalue weighted by atomic mass is 35.5. The van der Waals surface area contributed by atoms with Crippen LogP contribution < -0.4 is 14.8 Å². The van der Waals surface area contributed by atoms with Gasteiger partial charge in [0.25, 0.3) is 0 Å². The number of hydrogen-bond donors (Lipinski definition) is 1. The summed E-state index contributed by atoms with van der Waals surface area (Å²) in [7, 11) is 0. The lowest BCUT2D eigenvalue weighted by Gasteiger charge is -2.27. The largest absolute Gasteiger partial charge is 0.573 e. The molecule has 0 aliphatic carbocycles. The number of rotatable bonds is 7. The van der Waals surface area contributed by atoms with E-state index in [1.54, 1.807) is 12.1 Å². The maximum atomic E-state index is 13.5. The Hall–Kier alpha value is -3.46. The van der Waals surface area contributed by atoms with Gasteiger partial charge in [-0.1, -0.05) is 47.5 Å². The number of nitrogens with zero attached hydrogens (tertiary/aromatic N) is 3. The maximum absolute atomic E-state index is 13.5. The van der Waals surface area contributed by atoms with Crippen molar-refractivity contribution in [3.63, 3.8) is 0 Å². The van der Waals surface area contributed by atoms with Gasteiger partial charge < -0.3 is 14.8 Å². The molecule has 228 valence electrons. The molecule has 0 atom stereocenters. The zero-order valence-corrected chi connectivity index (χ0v) is 24.1. The Labute approximate surface area is 254 Å². The third-order valence-electron chi connectivity index (χ3n) is 6.41. The molecule has 0 saturated carbocycles. The average molecular weight is 665 g/mol. The number of thiazole rings is 1. The molecular formula is C27H20Cl2F6N4O3S. The maximum Gasteiger partial charge on any atom is 0.573 e. The van der Waals surface area contributed by atoms with E-state index in [1.807, 2.05) is 29.2 Å². The first-order valence-electron chi connectivity index (χ1n) is 12.5. The molecule has 0 radical (unpaired) electrons. The molecule has 2 aromatic carbocycles. The molecule has 1 aliphatic rings. The first kappa shape index (κ1) is 31.0. The van der Waals surface area contributed by atoms with Crippen molar-refractivity contribution in [3.8, 4) is 11.5 Å². The Morgan fingerprint density at radius 2 is 1.79 bits per heavy atom. The number of amides is 1. The minimum absolute atomic E-state index is 0.0239. The lowest BCUT2D eigenvalue weighted by atomic mass is 10.0. The minimum atomic E-state index is -5.23. The Balaban J connectivity index is 1.54. The summed E-state index contributed by atoms with van der Waals surface area (Å²) >= 11 is 12.9. The van der Waals surface area contributed by atoms with Gasteiger partial charge in [0.15, 0.2) is 4.47 Å². The van der Waals surface area contributed by atoms with Crippen LogP contribution in [-0.4, -0.2) is 46.3 Å². The Bertz CT molecular complexity index is 1670. The number of benzene rings is 2. The highest BCUT2D eigenvalue weighted by Crippen LogP contribution is 2.42. The van der Waals surface area contributed by atoms with Crippen LogP contribution >= 0.6 is 34.5 Å². The number of carbonyl (C=O) groups is 1. The molecule has 0 saturated heterocycles. The smallest absolute Gasteiger partial charge is 0.406 e. The van der Waals surface area contributed by atoms with E-state index < -0.39 is 30.3 Å². The SMILES string of the molecule is O=C(NCc1cnc(Cl)s1)n1c2c(c3c(OC(F)(F)F)cc(OC(F)(F)F)cc31)CN(C/C=C/c1ccc(Cl)cc1)CC2. The number of fused-ring (bicyclic) bond motifs is 3. The van der Waals surface area contributed by atoms with Crippen LogP contribution in [0.2, 0.25) is 9.49 Å². The molecule has 1 N–H and O–H groups in total. The fourth-order valence-electron chi connectivity index (χ4n) is 4.78. The van der Waals surface area contributed by atoms with Gasteiger partial charge in [-0.05, 0) is 23.3 Å².